The highest BCUT2D eigenvalue weighted by molar-refractivity contribution is 7.20. The summed E-state index contributed by atoms with van der Waals surface area (Å²) >= 11 is 0. The molecule has 0 spiro atoms. The lowest BCUT2D eigenvalue weighted by molar-refractivity contribution is 0.670. The highest BCUT2D eigenvalue weighted by Gasteiger charge is 2.42. The van der Waals surface area contributed by atoms with Crippen LogP contribution < -0.4 is 20.7 Å². The van der Waals surface area contributed by atoms with Gasteiger partial charge in [-0.25, -0.2) is 0 Å². The Morgan fingerprint density at radius 3 is 1.32 bits per heavy atom. The molecule has 0 N–H and O–H groups in total. The quantitative estimate of drug-likeness (QED) is 0.104. The molecule has 0 atom stereocenters. The molecule has 3 aromatic heterocycles. The molecule has 0 saturated heterocycles. The van der Waals surface area contributed by atoms with Crippen molar-refractivity contribution in [3.63, 3.8) is 0 Å². The molecule has 0 fully saturated rings. The Morgan fingerprint density at radius 1 is 0.276 bits per heavy atom. The van der Waals surface area contributed by atoms with Crippen molar-refractivity contribution in [1.29, 1.82) is 0 Å². The number of nitrogens with zero attached hydrogens (tertiary/aromatic N) is 2. The molecule has 0 bridgehead atoms. The van der Waals surface area contributed by atoms with Crippen LogP contribution in [0.3, 0.4) is 0 Å². The molecule has 0 radical (unpaired) electrons. The molecule has 0 aliphatic heterocycles. The van der Waals surface area contributed by atoms with Crippen LogP contribution in [0.15, 0.2) is 296 Å². The van der Waals surface area contributed by atoms with Crippen LogP contribution >= 0.6 is 0 Å². The molecule has 3 nitrogen and oxygen atoms in total. The Kier molecular flexibility index (Phi) is 10.2. The van der Waals surface area contributed by atoms with Gasteiger partial charge in [-0.15, -0.1) is 0 Å². The summed E-state index contributed by atoms with van der Waals surface area (Å²) in [6, 6.07) is 108. The normalized spacial score (nSPS) is 11.9. The van der Waals surface area contributed by atoms with Crippen LogP contribution in [0.25, 0.3) is 110 Å². The van der Waals surface area contributed by atoms with Gasteiger partial charge >= 0.3 is 0 Å². The third-order valence-electron chi connectivity index (χ3n) is 15.9. The van der Waals surface area contributed by atoms with E-state index in [1.54, 1.807) is 0 Å². The smallest absolute Gasteiger partial charge is 0.179 e. The van der Waals surface area contributed by atoms with Crippen LogP contribution in [0.4, 0.5) is 0 Å². The Labute approximate surface area is 441 Å². The van der Waals surface area contributed by atoms with E-state index in [-0.39, 0.29) is 0 Å². The summed E-state index contributed by atoms with van der Waals surface area (Å²) in [5, 5.41) is 12.4. The monoisotopic (exact) mass is 984 g/mol. The molecule has 0 aliphatic rings. The number of hydrogen-bond donors (Lipinski definition) is 0. The third-order valence-corrected chi connectivity index (χ3v) is 20.6. The maximum atomic E-state index is 6.72. The zero-order chi connectivity index (χ0) is 50.2. The predicted molar refractivity (Wildman–Crippen MR) is 322 cm³/mol. The molecule has 12 aromatic carbocycles. The van der Waals surface area contributed by atoms with Gasteiger partial charge < -0.3 is 13.6 Å². The summed E-state index contributed by atoms with van der Waals surface area (Å²) in [6.07, 6.45) is 0. The minimum atomic E-state index is -3.00. The fourth-order valence-electron chi connectivity index (χ4n) is 12.6. The van der Waals surface area contributed by atoms with Crippen molar-refractivity contribution in [2.45, 2.75) is 0 Å². The van der Waals surface area contributed by atoms with E-state index in [1.165, 1.54) is 53.4 Å². The van der Waals surface area contributed by atoms with E-state index in [9.17, 15) is 0 Å². The van der Waals surface area contributed by atoms with Gasteiger partial charge in [0, 0.05) is 60.3 Å². The number of rotatable bonds is 9. The zero-order valence-electron chi connectivity index (χ0n) is 41.5. The van der Waals surface area contributed by atoms with Crippen LogP contribution in [-0.4, -0.2) is 17.2 Å². The van der Waals surface area contributed by atoms with Crippen molar-refractivity contribution in [2.75, 3.05) is 0 Å². The van der Waals surface area contributed by atoms with Crippen LogP contribution in [-0.2, 0) is 0 Å². The first-order chi connectivity index (χ1) is 37.7. The maximum Gasteiger partial charge on any atom is 0.179 e. The summed E-state index contributed by atoms with van der Waals surface area (Å²) in [4.78, 5) is 0. The highest BCUT2D eigenvalue weighted by Crippen LogP contribution is 2.45. The minimum absolute atomic E-state index is 0.893. The molecular weight excluding hydrogens is 937 g/mol. The molecule has 4 heteroatoms. The largest absolute Gasteiger partial charge is 0.455 e. The van der Waals surface area contributed by atoms with Gasteiger partial charge in [0.2, 0.25) is 0 Å². The van der Waals surface area contributed by atoms with Crippen LogP contribution in [0.5, 0.6) is 0 Å². The van der Waals surface area contributed by atoms with Crippen molar-refractivity contribution in [3.8, 4) is 44.8 Å². The number of hydrogen-bond acceptors (Lipinski definition) is 1. The van der Waals surface area contributed by atoms with Gasteiger partial charge in [0.05, 0.1) is 27.8 Å². The summed E-state index contributed by atoms with van der Waals surface area (Å²) in [6.45, 7) is 0. The number of furan rings is 1. The summed E-state index contributed by atoms with van der Waals surface area (Å²) < 4.78 is 11.8. The van der Waals surface area contributed by atoms with E-state index < -0.39 is 8.07 Å². The van der Waals surface area contributed by atoms with Crippen molar-refractivity contribution < 1.29 is 4.42 Å². The number of aromatic nitrogens is 2. The van der Waals surface area contributed by atoms with Crippen LogP contribution in [0.1, 0.15) is 0 Å². The maximum absolute atomic E-state index is 6.72. The first-order valence-electron chi connectivity index (χ1n) is 26.2. The third kappa shape index (κ3) is 6.68. The molecule has 356 valence electrons. The van der Waals surface area contributed by atoms with Gasteiger partial charge in [-0.2, -0.15) is 0 Å². The Hall–Kier alpha value is -9.74. The second-order valence-corrected chi connectivity index (χ2v) is 23.7. The van der Waals surface area contributed by atoms with Gasteiger partial charge in [0.25, 0.3) is 0 Å². The lowest BCUT2D eigenvalue weighted by Gasteiger charge is -2.36. The average Bonchev–Trinajstić information content (AvgIpc) is 4.17. The number of para-hydroxylation sites is 5. The van der Waals surface area contributed by atoms with Gasteiger partial charge in [0.15, 0.2) is 8.07 Å². The van der Waals surface area contributed by atoms with Gasteiger partial charge in [-0.05, 0) is 68.3 Å². The molecule has 3 heterocycles. The van der Waals surface area contributed by atoms with E-state index in [4.69, 9.17) is 4.42 Å². The van der Waals surface area contributed by atoms with Crippen molar-refractivity contribution in [1.82, 2.24) is 9.13 Å². The van der Waals surface area contributed by atoms with E-state index >= 15 is 0 Å². The van der Waals surface area contributed by atoms with Crippen LogP contribution in [0, 0.1) is 0 Å². The van der Waals surface area contributed by atoms with Gasteiger partial charge in [-0.3, -0.25) is 0 Å². The van der Waals surface area contributed by atoms with Gasteiger partial charge in [-0.1, -0.05) is 255 Å². The molecule has 15 rings (SSSR count). The van der Waals surface area contributed by atoms with Crippen molar-refractivity contribution >= 4 is 94.4 Å². The summed E-state index contributed by atoms with van der Waals surface area (Å²) in [7, 11) is -3.00. The van der Waals surface area contributed by atoms with Crippen LogP contribution in [0.2, 0.25) is 0 Å². The standard InChI is InChI=1S/C72H48N2OSi/c1-6-24-49(25-7-1)63-47-55(76(52-28-10-3-11-29-52,53-30-12-4-13-31-53)54-32-14-5-15-33-54)48-64(50-26-8-2-9-27-50)71(63)74-67-42-20-17-35-57(67)65-46-51(44-45-68(65)74)73-66-41-19-16-34-56(66)59-37-22-38-60(70(59)73)62-40-23-39-61-58-36-18-21-43-69(58)75-72(61)62/h1-48H. The lowest BCUT2D eigenvalue weighted by atomic mass is 9.95. The topological polar surface area (TPSA) is 23.0 Å². The second kappa shape index (κ2) is 17.7. The average molecular weight is 985 g/mol. The molecular formula is C72H48N2OSi. The van der Waals surface area contributed by atoms with E-state index in [0.29, 0.717) is 0 Å². The molecule has 0 amide bonds. The first kappa shape index (κ1) is 43.8. The Balaban J connectivity index is 1.04. The number of fused-ring (bicyclic) bond motifs is 9. The van der Waals surface area contributed by atoms with Gasteiger partial charge in [0.1, 0.15) is 11.2 Å². The SMILES string of the molecule is c1ccc(-c2cc([Si](c3ccccc3)(c3ccccc3)c3ccccc3)cc(-c3ccccc3)c2-n2c3ccccc3c3cc(-n4c5ccccc5c5cccc(-c6cccc7c6oc6ccccc67)c54)ccc32)cc1. The van der Waals surface area contributed by atoms with Crippen molar-refractivity contribution in [2.24, 2.45) is 0 Å². The van der Waals surface area contributed by atoms with E-state index in [2.05, 4.69) is 294 Å². The fourth-order valence-corrected chi connectivity index (χ4v) is 17.4. The first-order valence-corrected chi connectivity index (χ1v) is 28.2. The van der Waals surface area contributed by atoms with Crippen molar-refractivity contribution in [3.05, 3.63) is 291 Å². The molecule has 0 unspecified atom stereocenters. The number of benzene rings is 12. The lowest BCUT2D eigenvalue weighted by Crippen LogP contribution is -2.74. The molecule has 15 aromatic rings. The predicted octanol–water partition coefficient (Wildman–Crippen LogP) is 16.2. The van der Waals surface area contributed by atoms with E-state index in [1.807, 2.05) is 6.07 Å². The fraction of sp³-hybridized carbons (Fsp3) is 0. The summed E-state index contributed by atoms with van der Waals surface area (Å²) in [5.74, 6) is 0. The van der Waals surface area contributed by atoms with E-state index in [0.717, 1.165) is 77.6 Å². The molecule has 76 heavy (non-hydrogen) atoms. The molecule has 0 aliphatic carbocycles. The molecule has 0 saturated carbocycles. The second-order valence-electron chi connectivity index (χ2n) is 19.9. The zero-order valence-corrected chi connectivity index (χ0v) is 42.5. The summed E-state index contributed by atoms with van der Waals surface area (Å²) in [5.41, 5.74) is 15.5. The Bertz CT molecular complexity index is 4510. The highest BCUT2D eigenvalue weighted by atomic mass is 28.3. The minimum Gasteiger partial charge on any atom is -0.455 e. The Morgan fingerprint density at radius 2 is 0.724 bits per heavy atom.